The van der Waals surface area contributed by atoms with E-state index in [0.717, 1.165) is 42.9 Å². The van der Waals surface area contributed by atoms with Crippen molar-refractivity contribution in [2.24, 2.45) is 0 Å². The van der Waals surface area contributed by atoms with E-state index in [1.165, 1.54) is 0 Å². The summed E-state index contributed by atoms with van der Waals surface area (Å²) in [4.78, 5) is 8.45. The van der Waals surface area contributed by atoms with Gasteiger partial charge in [-0.25, -0.2) is 9.97 Å². The Morgan fingerprint density at radius 1 is 1.10 bits per heavy atom. The number of anilines is 1. The molecule has 3 nitrogen and oxygen atoms in total. The molecule has 0 saturated carbocycles. The fraction of sp³-hybridized carbons (Fsp3) is 0.333. The van der Waals surface area contributed by atoms with Crippen molar-refractivity contribution in [1.29, 1.82) is 0 Å². The van der Waals surface area contributed by atoms with Crippen molar-refractivity contribution in [3.8, 4) is 0 Å². The molecule has 5 heteroatoms. The molecule has 0 bridgehead atoms. The first-order chi connectivity index (χ1) is 9.69. The standard InChI is InChI=1S/C15H17Cl2N3/c1-2-3-13-9-15(20-10-19-13)18-7-6-11-4-5-12(16)8-14(11)17/h4-5,8-10H,2-3,6-7H2,1H3,(H,18,19,20). The molecule has 0 atom stereocenters. The number of nitrogens with zero attached hydrogens (tertiary/aromatic N) is 2. The van der Waals surface area contributed by atoms with Gasteiger partial charge in [-0.15, -0.1) is 0 Å². The highest BCUT2D eigenvalue weighted by molar-refractivity contribution is 6.35. The maximum absolute atomic E-state index is 6.14. The summed E-state index contributed by atoms with van der Waals surface area (Å²) in [5.74, 6) is 0.855. The van der Waals surface area contributed by atoms with Crippen LogP contribution >= 0.6 is 23.2 Å². The average Bonchev–Trinajstić information content (AvgIpc) is 2.42. The van der Waals surface area contributed by atoms with Crippen molar-refractivity contribution in [2.75, 3.05) is 11.9 Å². The van der Waals surface area contributed by atoms with Crippen LogP contribution in [0.4, 0.5) is 5.82 Å². The van der Waals surface area contributed by atoms with Gasteiger partial charge in [-0.1, -0.05) is 42.6 Å². The summed E-state index contributed by atoms with van der Waals surface area (Å²) in [6.45, 7) is 2.90. The van der Waals surface area contributed by atoms with E-state index in [1.807, 2.05) is 18.2 Å². The largest absolute Gasteiger partial charge is 0.370 e. The molecule has 0 saturated heterocycles. The summed E-state index contributed by atoms with van der Waals surface area (Å²) in [5, 5.41) is 4.65. The van der Waals surface area contributed by atoms with Gasteiger partial charge in [0.25, 0.3) is 0 Å². The van der Waals surface area contributed by atoms with E-state index < -0.39 is 0 Å². The second-order valence-corrected chi connectivity index (χ2v) is 5.40. The van der Waals surface area contributed by atoms with E-state index in [1.54, 1.807) is 12.4 Å². The van der Waals surface area contributed by atoms with Crippen molar-refractivity contribution in [2.45, 2.75) is 26.2 Å². The summed E-state index contributed by atoms with van der Waals surface area (Å²) >= 11 is 12.0. The zero-order valence-electron chi connectivity index (χ0n) is 11.4. The summed E-state index contributed by atoms with van der Waals surface area (Å²) in [5.41, 5.74) is 2.14. The monoisotopic (exact) mass is 309 g/mol. The maximum Gasteiger partial charge on any atom is 0.129 e. The van der Waals surface area contributed by atoms with Crippen molar-refractivity contribution < 1.29 is 0 Å². The molecule has 1 aromatic carbocycles. The van der Waals surface area contributed by atoms with Gasteiger partial charge in [0.15, 0.2) is 0 Å². The van der Waals surface area contributed by atoms with Gasteiger partial charge in [-0.05, 0) is 30.5 Å². The van der Waals surface area contributed by atoms with Gasteiger partial charge in [0.2, 0.25) is 0 Å². The number of hydrogen-bond donors (Lipinski definition) is 1. The summed E-state index contributed by atoms with van der Waals surface area (Å²) in [6.07, 6.45) is 4.47. The lowest BCUT2D eigenvalue weighted by molar-refractivity contribution is 0.870. The molecule has 0 fully saturated rings. The SMILES string of the molecule is CCCc1cc(NCCc2ccc(Cl)cc2Cl)ncn1. The Morgan fingerprint density at radius 2 is 1.95 bits per heavy atom. The second kappa shape index (κ2) is 7.46. The van der Waals surface area contributed by atoms with E-state index in [4.69, 9.17) is 23.2 Å². The molecule has 0 spiro atoms. The van der Waals surface area contributed by atoms with Crippen LogP contribution in [0.25, 0.3) is 0 Å². The van der Waals surface area contributed by atoms with Crippen LogP contribution in [0.15, 0.2) is 30.6 Å². The first-order valence-electron chi connectivity index (χ1n) is 6.67. The molecular weight excluding hydrogens is 293 g/mol. The third-order valence-electron chi connectivity index (χ3n) is 2.95. The van der Waals surface area contributed by atoms with Crippen LogP contribution in [0.2, 0.25) is 10.0 Å². The molecule has 1 aromatic heterocycles. The van der Waals surface area contributed by atoms with Crippen LogP contribution in [-0.4, -0.2) is 16.5 Å². The fourth-order valence-electron chi connectivity index (χ4n) is 1.94. The Morgan fingerprint density at radius 3 is 2.70 bits per heavy atom. The third-order valence-corrected chi connectivity index (χ3v) is 3.53. The predicted octanol–water partition coefficient (Wildman–Crippen LogP) is 4.39. The molecule has 0 aliphatic carbocycles. The zero-order chi connectivity index (χ0) is 14.4. The number of nitrogens with one attached hydrogen (secondary N) is 1. The molecule has 1 N–H and O–H groups in total. The van der Waals surface area contributed by atoms with Gasteiger partial charge >= 0.3 is 0 Å². The van der Waals surface area contributed by atoms with Crippen molar-refractivity contribution in [3.63, 3.8) is 0 Å². The van der Waals surface area contributed by atoms with Crippen LogP contribution in [0, 0.1) is 0 Å². The number of rotatable bonds is 6. The highest BCUT2D eigenvalue weighted by Crippen LogP contribution is 2.21. The van der Waals surface area contributed by atoms with Crippen molar-refractivity contribution >= 4 is 29.0 Å². The average molecular weight is 310 g/mol. The molecule has 0 radical (unpaired) electrons. The number of aromatic nitrogens is 2. The van der Waals surface area contributed by atoms with Gasteiger partial charge in [0, 0.05) is 28.4 Å². The lowest BCUT2D eigenvalue weighted by Gasteiger charge is -2.08. The minimum absolute atomic E-state index is 0.659. The molecule has 2 aromatic rings. The van der Waals surface area contributed by atoms with E-state index in [-0.39, 0.29) is 0 Å². The van der Waals surface area contributed by atoms with E-state index in [0.29, 0.717) is 10.0 Å². The van der Waals surface area contributed by atoms with Crippen LogP contribution < -0.4 is 5.32 Å². The molecular formula is C15H17Cl2N3. The van der Waals surface area contributed by atoms with Crippen LogP contribution in [-0.2, 0) is 12.8 Å². The Labute approximate surface area is 129 Å². The highest BCUT2D eigenvalue weighted by atomic mass is 35.5. The second-order valence-electron chi connectivity index (χ2n) is 4.56. The Hall–Kier alpha value is -1.32. The Balaban J connectivity index is 1.90. The number of benzene rings is 1. The van der Waals surface area contributed by atoms with Crippen molar-refractivity contribution in [1.82, 2.24) is 9.97 Å². The first kappa shape index (κ1) is 15.1. The molecule has 106 valence electrons. The molecule has 0 aliphatic heterocycles. The fourth-order valence-corrected chi connectivity index (χ4v) is 2.44. The molecule has 20 heavy (non-hydrogen) atoms. The Bertz CT molecular complexity index is 573. The Kier molecular flexibility index (Phi) is 5.62. The van der Waals surface area contributed by atoms with Gasteiger partial charge in [-0.3, -0.25) is 0 Å². The zero-order valence-corrected chi connectivity index (χ0v) is 12.9. The molecule has 0 amide bonds. The van der Waals surface area contributed by atoms with E-state index in [9.17, 15) is 0 Å². The lowest BCUT2D eigenvalue weighted by Crippen LogP contribution is -2.07. The number of aryl methyl sites for hydroxylation is 1. The number of hydrogen-bond acceptors (Lipinski definition) is 3. The summed E-state index contributed by atoms with van der Waals surface area (Å²) < 4.78 is 0. The molecule has 2 rings (SSSR count). The maximum atomic E-state index is 6.14. The normalized spacial score (nSPS) is 10.6. The first-order valence-corrected chi connectivity index (χ1v) is 7.43. The lowest BCUT2D eigenvalue weighted by atomic mass is 10.1. The van der Waals surface area contributed by atoms with E-state index in [2.05, 4.69) is 22.2 Å². The van der Waals surface area contributed by atoms with Crippen molar-refractivity contribution in [3.05, 3.63) is 51.9 Å². The van der Waals surface area contributed by atoms with Crippen LogP contribution in [0.5, 0.6) is 0 Å². The van der Waals surface area contributed by atoms with E-state index >= 15 is 0 Å². The summed E-state index contributed by atoms with van der Waals surface area (Å²) in [6, 6.07) is 7.57. The predicted molar refractivity (Wildman–Crippen MR) is 84.7 cm³/mol. The minimum Gasteiger partial charge on any atom is -0.370 e. The van der Waals surface area contributed by atoms with Gasteiger partial charge in [0.1, 0.15) is 12.1 Å². The number of halogens is 2. The molecule has 0 aliphatic rings. The molecule has 0 unspecified atom stereocenters. The summed E-state index contributed by atoms with van der Waals surface area (Å²) in [7, 11) is 0. The van der Waals surface area contributed by atoms with Gasteiger partial charge in [0.05, 0.1) is 0 Å². The quantitative estimate of drug-likeness (QED) is 0.860. The van der Waals surface area contributed by atoms with Gasteiger partial charge in [-0.2, -0.15) is 0 Å². The molecule has 1 heterocycles. The smallest absolute Gasteiger partial charge is 0.129 e. The third kappa shape index (κ3) is 4.36. The topological polar surface area (TPSA) is 37.8 Å². The van der Waals surface area contributed by atoms with Crippen LogP contribution in [0.1, 0.15) is 24.6 Å². The highest BCUT2D eigenvalue weighted by Gasteiger charge is 2.02. The van der Waals surface area contributed by atoms with Gasteiger partial charge < -0.3 is 5.32 Å². The minimum atomic E-state index is 0.659. The van der Waals surface area contributed by atoms with Crippen LogP contribution in [0.3, 0.4) is 0 Å².